The summed E-state index contributed by atoms with van der Waals surface area (Å²) in [5.74, 6) is -1.07. The first-order valence-corrected chi connectivity index (χ1v) is 17.2. The lowest BCUT2D eigenvalue weighted by Gasteiger charge is -2.35. The first-order chi connectivity index (χ1) is 21.7. The molecule has 0 unspecified atom stereocenters. The lowest BCUT2D eigenvalue weighted by Crippen LogP contribution is -2.56. The Morgan fingerprint density at radius 2 is 1.39 bits per heavy atom. The van der Waals surface area contributed by atoms with Crippen molar-refractivity contribution in [2.75, 3.05) is 10.8 Å². The van der Waals surface area contributed by atoms with E-state index in [4.69, 9.17) is 46.4 Å². The van der Waals surface area contributed by atoms with E-state index in [0.29, 0.717) is 10.6 Å². The van der Waals surface area contributed by atoms with Gasteiger partial charge in [-0.1, -0.05) is 107 Å². The summed E-state index contributed by atoms with van der Waals surface area (Å²) in [6.07, 6.45) is 0.152. The summed E-state index contributed by atoms with van der Waals surface area (Å²) in [7, 11) is -4.34. The van der Waals surface area contributed by atoms with Crippen LogP contribution in [0.4, 0.5) is 5.69 Å². The second kappa shape index (κ2) is 15.1. The molecule has 0 radical (unpaired) electrons. The maximum atomic E-state index is 14.6. The predicted octanol–water partition coefficient (Wildman–Crippen LogP) is 8.05. The van der Waals surface area contributed by atoms with E-state index in [2.05, 4.69) is 5.32 Å². The van der Waals surface area contributed by atoms with Crippen molar-refractivity contribution in [3.63, 3.8) is 0 Å². The molecule has 4 aromatic rings. The third-order valence-electron chi connectivity index (χ3n) is 6.92. The minimum Gasteiger partial charge on any atom is -0.350 e. The molecule has 242 valence electrons. The second-order valence-electron chi connectivity index (χ2n) is 11.6. The summed E-state index contributed by atoms with van der Waals surface area (Å²) in [6.45, 7) is 4.75. The van der Waals surface area contributed by atoms with Crippen LogP contribution in [0.25, 0.3) is 0 Å². The fourth-order valence-electron chi connectivity index (χ4n) is 4.76. The summed E-state index contributed by atoms with van der Waals surface area (Å²) >= 11 is 25.4. The van der Waals surface area contributed by atoms with E-state index in [9.17, 15) is 18.0 Å². The molecule has 12 heteroatoms. The number of carbonyl (C=O) groups is 2. The van der Waals surface area contributed by atoms with Gasteiger partial charge in [0.05, 0.1) is 30.7 Å². The number of nitrogens with zero attached hydrogens (tertiary/aromatic N) is 2. The number of rotatable bonds is 11. The molecule has 0 spiro atoms. The molecule has 1 N–H and O–H groups in total. The van der Waals surface area contributed by atoms with E-state index in [0.717, 1.165) is 9.87 Å². The highest BCUT2D eigenvalue weighted by molar-refractivity contribution is 7.92. The van der Waals surface area contributed by atoms with Gasteiger partial charge in [0, 0.05) is 18.5 Å². The monoisotopic (exact) mass is 719 g/mol. The predicted molar refractivity (Wildman–Crippen MR) is 186 cm³/mol. The van der Waals surface area contributed by atoms with Crippen LogP contribution in [-0.2, 0) is 32.6 Å². The fraction of sp³-hybridized carbons (Fsp3) is 0.235. The molecule has 0 bridgehead atoms. The van der Waals surface area contributed by atoms with Crippen molar-refractivity contribution < 1.29 is 18.0 Å². The number of anilines is 1. The molecule has 0 fully saturated rings. The van der Waals surface area contributed by atoms with Crippen LogP contribution in [0.5, 0.6) is 0 Å². The molecular weight excluding hydrogens is 688 g/mol. The average Bonchev–Trinajstić information content (AvgIpc) is 3.01. The topological polar surface area (TPSA) is 86.8 Å². The molecule has 1 atom stereocenters. The van der Waals surface area contributed by atoms with Gasteiger partial charge >= 0.3 is 0 Å². The Hall–Kier alpha value is -3.27. The summed E-state index contributed by atoms with van der Waals surface area (Å²) in [4.78, 5) is 29.8. The van der Waals surface area contributed by atoms with Gasteiger partial charge in [0.1, 0.15) is 12.6 Å². The first kappa shape index (κ1) is 35.6. The van der Waals surface area contributed by atoms with E-state index >= 15 is 0 Å². The fourth-order valence-corrected chi connectivity index (χ4v) is 6.97. The lowest BCUT2D eigenvalue weighted by atomic mass is 10.0. The molecule has 2 amide bonds. The number of sulfonamides is 1. The Balaban J connectivity index is 1.86. The highest BCUT2D eigenvalue weighted by atomic mass is 35.5. The largest absolute Gasteiger partial charge is 0.350 e. The number of carbonyl (C=O) groups excluding carboxylic acids is 2. The highest BCUT2D eigenvalue weighted by Crippen LogP contribution is 2.36. The van der Waals surface area contributed by atoms with Crippen LogP contribution in [0.3, 0.4) is 0 Å². The van der Waals surface area contributed by atoms with Crippen LogP contribution < -0.4 is 9.62 Å². The van der Waals surface area contributed by atoms with E-state index < -0.39 is 40.0 Å². The van der Waals surface area contributed by atoms with Gasteiger partial charge in [0.2, 0.25) is 11.8 Å². The maximum absolute atomic E-state index is 14.6. The van der Waals surface area contributed by atoms with Gasteiger partial charge < -0.3 is 10.2 Å². The molecular formula is C34H33Cl4N3O4S. The van der Waals surface area contributed by atoms with Crippen LogP contribution in [-0.4, -0.2) is 43.3 Å². The minimum atomic E-state index is -4.34. The molecule has 0 aliphatic carbocycles. The molecule has 7 nitrogen and oxygen atoms in total. The number of hydrogen-bond acceptors (Lipinski definition) is 4. The summed E-state index contributed by atoms with van der Waals surface area (Å²) in [5, 5.41) is 3.65. The average molecular weight is 722 g/mol. The smallest absolute Gasteiger partial charge is 0.264 e. The van der Waals surface area contributed by atoms with Crippen LogP contribution >= 0.6 is 46.4 Å². The van der Waals surface area contributed by atoms with Gasteiger partial charge in [-0.2, -0.15) is 0 Å². The van der Waals surface area contributed by atoms with E-state index in [1.807, 2.05) is 51.1 Å². The molecule has 0 aliphatic rings. The van der Waals surface area contributed by atoms with Crippen molar-refractivity contribution in [3.8, 4) is 0 Å². The van der Waals surface area contributed by atoms with Crippen molar-refractivity contribution >= 4 is 73.9 Å². The van der Waals surface area contributed by atoms with Crippen molar-refractivity contribution in [1.82, 2.24) is 10.2 Å². The third kappa shape index (κ3) is 8.96. The van der Waals surface area contributed by atoms with Crippen molar-refractivity contribution in [3.05, 3.63) is 128 Å². The molecule has 0 aliphatic heterocycles. The minimum absolute atomic E-state index is 0.0135. The maximum Gasteiger partial charge on any atom is 0.264 e. The molecule has 46 heavy (non-hydrogen) atoms. The normalized spacial score (nSPS) is 12.3. The molecule has 4 rings (SSSR count). The van der Waals surface area contributed by atoms with Gasteiger partial charge in [0.15, 0.2) is 0 Å². The van der Waals surface area contributed by atoms with Crippen molar-refractivity contribution in [2.45, 2.75) is 50.2 Å². The molecule has 0 saturated carbocycles. The zero-order valence-corrected chi connectivity index (χ0v) is 29.2. The van der Waals surface area contributed by atoms with E-state index in [1.54, 1.807) is 42.5 Å². The van der Waals surface area contributed by atoms with Gasteiger partial charge in [-0.15, -0.1) is 0 Å². The van der Waals surface area contributed by atoms with Gasteiger partial charge in [-0.25, -0.2) is 8.42 Å². The molecule has 4 aromatic carbocycles. The van der Waals surface area contributed by atoms with Crippen molar-refractivity contribution in [2.24, 2.45) is 0 Å². The highest BCUT2D eigenvalue weighted by Gasteiger charge is 2.36. The number of halogens is 4. The molecule has 0 aromatic heterocycles. The van der Waals surface area contributed by atoms with E-state index in [1.165, 1.54) is 29.2 Å². The Labute approximate surface area is 290 Å². The standard InChI is InChI=1S/C34H33Cl4N3O4S/c1-34(2,3)39-33(43)30(20-23-11-6-4-7-12-23)40(21-24-17-18-26(35)28(37)19-24)31(42)22-41(29-16-10-15-27(36)32(29)38)46(44,45)25-13-8-5-9-14-25/h4-19,30H,20-22H2,1-3H3,(H,39,43)/t30-/m0/s1. The van der Waals surface area contributed by atoms with Gasteiger partial charge in [-0.05, 0) is 68.3 Å². The van der Waals surface area contributed by atoms with Crippen LogP contribution in [0.15, 0.2) is 102 Å². The quantitative estimate of drug-likeness (QED) is 0.170. The summed E-state index contributed by atoms with van der Waals surface area (Å²) < 4.78 is 29.2. The Morgan fingerprint density at radius 1 is 0.761 bits per heavy atom. The number of nitrogens with one attached hydrogen (secondary N) is 1. The van der Waals surface area contributed by atoms with Crippen molar-refractivity contribution in [1.29, 1.82) is 0 Å². The second-order valence-corrected chi connectivity index (χ2v) is 15.1. The van der Waals surface area contributed by atoms with Crippen LogP contribution in [0, 0.1) is 0 Å². The lowest BCUT2D eigenvalue weighted by molar-refractivity contribution is -0.140. The SMILES string of the molecule is CC(C)(C)NC(=O)[C@H](Cc1ccccc1)N(Cc1ccc(Cl)c(Cl)c1)C(=O)CN(c1cccc(Cl)c1Cl)S(=O)(=O)c1ccccc1. The number of amides is 2. The Kier molecular flexibility index (Phi) is 11.7. The first-order valence-electron chi connectivity index (χ1n) is 14.3. The molecule has 0 heterocycles. The zero-order valence-electron chi connectivity index (χ0n) is 25.4. The Bertz CT molecular complexity index is 1800. The van der Waals surface area contributed by atoms with Gasteiger partial charge in [0.25, 0.3) is 10.0 Å². The summed E-state index contributed by atoms with van der Waals surface area (Å²) in [5.41, 5.74) is 0.777. The zero-order chi connectivity index (χ0) is 33.6. The third-order valence-corrected chi connectivity index (χ3v) is 10.2. The molecule has 0 saturated heterocycles. The Morgan fingerprint density at radius 3 is 2.00 bits per heavy atom. The van der Waals surface area contributed by atoms with Gasteiger partial charge in [-0.3, -0.25) is 13.9 Å². The van der Waals surface area contributed by atoms with Crippen LogP contribution in [0.2, 0.25) is 20.1 Å². The van der Waals surface area contributed by atoms with Crippen LogP contribution in [0.1, 0.15) is 31.9 Å². The summed E-state index contributed by atoms with van der Waals surface area (Å²) in [6, 6.07) is 25.3. The van der Waals surface area contributed by atoms with E-state index in [-0.39, 0.29) is 38.6 Å². The number of hydrogen-bond donors (Lipinski definition) is 1. The number of benzene rings is 4.